The highest BCUT2D eigenvalue weighted by Crippen LogP contribution is 2.26. The van der Waals surface area contributed by atoms with E-state index < -0.39 is 5.97 Å². The lowest BCUT2D eigenvalue weighted by Gasteiger charge is -2.23. The first-order valence-corrected chi connectivity index (χ1v) is 12.5. The van der Waals surface area contributed by atoms with Crippen LogP contribution >= 0.6 is 0 Å². The molecular weight excluding hydrogens is 450 g/mol. The van der Waals surface area contributed by atoms with Gasteiger partial charge in [0.1, 0.15) is 12.4 Å². The van der Waals surface area contributed by atoms with Gasteiger partial charge in [-0.25, -0.2) is 0 Å². The number of rotatable bonds is 11. The first-order chi connectivity index (χ1) is 17.1. The van der Waals surface area contributed by atoms with Gasteiger partial charge in [0.15, 0.2) is 0 Å². The molecule has 0 spiro atoms. The van der Waals surface area contributed by atoms with Gasteiger partial charge in [0.05, 0.1) is 6.04 Å². The Morgan fingerprint density at radius 3 is 2.25 bits per heavy atom. The van der Waals surface area contributed by atoms with E-state index in [1.54, 1.807) is 12.1 Å². The van der Waals surface area contributed by atoms with Gasteiger partial charge in [0.2, 0.25) is 0 Å². The second-order valence-electron chi connectivity index (χ2n) is 10.0. The molecule has 0 aliphatic heterocycles. The van der Waals surface area contributed by atoms with Crippen LogP contribution in [0.1, 0.15) is 76.5 Å². The minimum Gasteiger partial charge on any atom is -0.489 e. The molecule has 1 atom stereocenters. The Balaban J connectivity index is 1.89. The molecule has 1 amide bonds. The molecule has 3 aromatic rings. The maximum Gasteiger partial charge on any atom is 0.303 e. The summed E-state index contributed by atoms with van der Waals surface area (Å²) >= 11 is 0. The van der Waals surface area contributed by atoms with Gasteiger partial charge < -0.3 is 15.2 Å². The number of benzene rings is 3. The van der Waals surface area contributed by atoms with E-state index in [0.717, 1.165) is 34.2 Å². The molecular formula is C31H37NO4. The average molecular weight is 488 g/mol. The van der Waals surface area contributed by atoms with E-state index >= 15 is 0 Å². The normalized spacial score (nSPS) is 11.8. The number of carbonyl (C=O) groups is 2. The number of ether oxygens (including phenoxy) is 1. The number of carboxylic acid groups (broad SMARTS) is 1. The summed E-state index contributed by atoms with van der Waals surface area (Å²) in [4.78, 5) is 24.8. The molecule has 0 heterocycles. The van der Waals surface area contributed by atoms with Crippen molar-refractivity contribution in [2.45, 2.75) is 66.5 Å². The Morgan fingerprint density at radius 1 is 0.917 bits per heavy atom. The summed E-state index contributed by atoms with van der Waals surface area (Å²) in [5.41, 5.74) is 6.75. The summed E-state index contributed by atoms with van der Waals surface area (Å²) in [7, 11) is 0. The van der Waals surface area contributed by atoms with Gasteiger partial charge in [-0.3, -0.25) is 9.59 Å². The van der Waals surface area contributed by atoms with Gasteiger partial charge in [-0.05, 0) is 73.9 Å². The van der Waals surface area contributed by atoms with Crippen molar-refractivity contribution in [1.82, 2.24) is 5.32 Å². The summed E-state index contributed by atoms with van der Waals surface area (Å²) in [6, 6.07) is 19.6. The van der Waals surface area contributed by atoms with Crippen molar-refractivity contribution in [1.29, 1.82) is 0 Å². The third-order valence-corrected chi connectivity index (χ3v) is 6.25. The second-order valence-corrected chi connectivity index (χ2v) is 10.0. The summed E-state index contributed by atoms with van der Waals surface area (Å²) in [5, 5.41) is 12.4. The van der Waals surface area contributed by atoms with Crippen LogP contribution in [0.2, 0.25) is 0 Å². The van der Waals surface area contributed by atoms with Crippen LogP contribution < -0.4 is 10.1 Å². The summed E-state index contributed by atoms with van der Waals surface area (Å²) in [5.74, 6) is -0.156. The zero-order valence-corrected chi connectivity index (χ0v) is 21.9. The fraction of sp³-hybridized carbons (Fsp3) is 0.355. The molecule has 0 bridgehead atoms. The van der Waals surface area contributed by atoms with E-state index in [4.69, 9.17) is 4.74 Å². The largest absolute Gasteiger partial charge is 0.489 e. The monoisotopic (exact) mass is 487 g/mol. The topological polar surface area (TPSA) is 75.6 Å². The molecule has 0 aromatic heterocycles. The Labute approximate surface area is 214 Å². The summed E-state index contributed by atoms with van der Waals surface area (Å²) in [6.07, 6.45) is 1.02. The zero-order chi connectivity index (χ0) is 26.2. The summed E-state index contributed by atoms with van der Waals surface area (Å²) < 4.78 is 6.03. The zero-order valence-electron chi connectivity index (χ0n) is 21.9. The quantitative estimate of drug-likeness (QED) is 0.315. The minimum absolute atomic E-state index is 0.0454. The average Bonchev–Trinajstić information content (AvgIpc) is 2.81. The fourth-order valence-corrected chi connectivity index (χ4v) is 4.45. The van der Waals surface area contributed by atoms with E-state index in [9.17, 15) is 14.7 Å². The number of nitrogens with one attached hydrogen (secondary N) is 1. The van der Waals surface area contributed by atoms with Crippen LogP contribution in [0, 0.1) is 26.7 Å². The van der Waals surface area contributed by atoms with E-state index in [0.29, 0.717) is 29.4 Å². The highest BCUT2D eigenvalue weighted by Gasteiger charge is 2.21. The van der Waals surface area contributed by atoms with Gasteiger partial charge in [0, 0.05) is 12.0 Å². The minimum atomic E-state index is -0.894. The van der Waals surface area contributed by atoms with Crippen LogP contribution in [0.3, 0.4) is 0 Å². The molecule has 0 aliphatic carbocycles. The summed E-state index contributed by atoms with van der Waals surface area (Å²) in [6.45, 7) is 10.8. The Morgan fingerprint density at radius 2 is 1.61 bits per heavy atom. The van der Waals surface area contributed by atoms with Crippen LogP contribution in [0.15, 0.2) is 60.7 Å². The molecule has 3 rings (SSSR count). The highest BCUT2D eigenvalue weighted by molar-refractivity contribution is 5.96. The van der Waals surface area contributed by atoms with Crippen LogP contribution in [0.5, 0.6) is 5.75 Å². The van der Waals surface area contributed by atoms with Crippen LogP contribution in [0.25, 0.3) is 0 Å². The molecule has 3 aromatic carbocycles. The molecule has 0 radical (unpaired) electrons. The predicted molar refractivity (Wildman–Crippen MR) is 143 cm³/mol. The van der Waals surface area contributed by atoms with E-state index in [1.807, 2.05) is 37.3 Å². The first kappa shape index (κ1) is 27.0. The van der Waals surface area contributed by atoms with Gasteiger partial charge >= 0.3 is 5.97 Å². The molecule has 190 valence electrons. The van der Waals surface area contributed by atoms with Crippen molar-refractivity contribution in [3.05, 3.63) is 99.6 Å². The second kappa shape index (κ2) is 12.4. The van der Waals surface area contributed by atoms with E-state index in [2.05, 4.69) is 51.2 Å². The first-order valence-electron chi connectivity index (χ1n) is 12.5. The number of aliphatic carboxylic acids is 1. The molecule has 36 heavy (non-hydrogen) atoms. The van der Waals surface area contributed by atoms with Crippen LogP contribution in [-0.2, 0) is 17.8 Å². The fourth-order valence-electron chi connectivity index (χ4n) is 4.45. The van der Waals surface area contributed by atoms with E-state index in [-0.39, 0.29) is 24.8 Å². The lowest BCUT2D eigenvalue weighted by molar-refractivity contribution is -0.136. The molecule has 1 unspecified atom stereocenters. The third kappa shape index (κ3) is 7.70. The number of carbonyl (C=O) groups excluding carboxylic acids is 1. The standard InChI is InChI=1S/C31H37NO4/c1-20(2)14-29(26-16-21(3)15-22(4)17-26)32-31(35)28-18-27(12-10-24(28)11-13-30(33)34)36-19-25-9-7-6-8-23(25)5/h6-10,12,15-18,20,29H,11,13-14,19H2,1-5H3,(H,32,35)(H,33,34). The molecule has 0 saturated heterocycles. The van der Waals surface area contributed by atoms with Crippen molar-refractivity contribution in [3.63, 3.8) is 0 Å². The smallest absolute Gasteiger partial charge is 0.303 e. The Hall–Kier alpha value is -3.60. The predicted octanol–water partition coefficient (Wildman–Crippen LogP) is 6.73. The maximum absolute atomic E-state index is 13.6. The number of amides is 1. The van der Waals surface area contributed by atoms with Crippen molar-refractivity contribution in [3.8, 4) is 5.75 Å². The maximum atomic E-state index is 13.6. The Bertz CT molecular complexity index is 1190. The highest BCUT2D eigenvalue weighted by atomic mass is 16.5. The molecule has 5 nitrogen and oxygen atoms in total. The van der Waals surface area contributed by atoms with Gasteiger partial charge in [-0.1, -0.05) is 73.5 Å². The van der Waals surface area contributed by atoms with Crippen LogP contribution in [0.4, 0.5) is 0 Å². The van der Waals surface area contributed by atoms with Crippen molar-refractivity contribution in [2.24, 2.45) is 5.92 Å². The van der Waals surface area contributed by atoms with Gasteiger partial charge in [0.25, 0.3) is 5.91 Å². The van der Waals surface area contributed by atoms with Crippen molar-refractivity contribution < 1.29 is 19.4 Å². The lowest BCUT2D eigenvalue weighted by atomic mass is 9.93. The van der Waals surface area contributed by atoms with Crippen LogP contribution in [-0.4, -0.2) is 17.0 Å². The van der Waals surface area contributed by atoms with E-state index in [1.165, 1.54) is 0 Å². The third-order valence-electron chi connectivity index (χ3n) is 6.25. The molecule has 0 saturated carbocycles. The number of aryl methyl sites for hydroxylation is 4. The number of hydrogen-bond acceptors (Lipinski definition) is 3. The van der Waals surface area contributed by atoms with Gasteiger partial charge in [-0.15, -0.1) is 0 Å². The Kier molecular flexibility index (Phi) is 9.29. The molecule has 0 aliphatic rings. The SMILES string of the molecule is Cc1cc(C)cc(C(CC(C)C)NC(=O)c2cc(OCc3ccccc3C)ccc2CCC(=O)O)c1. The molecule has 5 heteroatoms. The molecule has 2 N–H and O–H groups in total. The number of hydrogen-bond donors (Lipinski definition) is 2. The van der Waals surface area contributed by atoms with Crippen molar-refractivity contribution >= 4 is 11.9 Å². The lowest BCUT2D eigenvalue weighted by Crippen LogP contribution is -2.30. The van der Waals surface area contributed by atoms with Gasteiger partial charge in [-0.2, -0.15) is 0 Å². The van der Waals surface area contributed by atoms with Crippen molar-refractivity contribution in [2.75, 3.05) is 0 Å². The molecule has 0 fully saturated rings. The number of carboxylic acids is 1.